The average molecular weight is 785 g/mol. The number of nitrogens with one attached hydrogen (secondary N) is 3. The summed E-state index contributed by atoms with van der Waals surface area (Å²) < 4.78 is 17.2. The maximum atomic E-state index is 14.7. The molecule has 3 N–H and O–H groups in total. The Hall–Kier alpha value is -6.12. The number of ether oxygens (including phenoxy) is 3. The minimum Gasteiger partial charge on any atom is -0.497 e. The van der Waals surface area contributed by atoms with Crippen LogP contribution >= 0.6 is 0 Å². The van der Waals surface area contributed by atoms with Gasteiger partial charge in [0.2, 0.25) is 35.4 Å². The number of hydrogen-bond donors (Lipinski definition) is 3. The number of nitrogens with zero attached hydrogens (tertiary/aromatic N) is 3. The van der Waals surface area contributed by atoms with Crippen molar-refractivity contribution in [1.29, 1.82) is 0 Å². The van der Waals surface area contributed by atoms with Gasteiger partial charge in [0, 0.05) is 40.4 Å². The van der Waals surface area contributed by atoms with Crippen LogP contribution in [0.5, 0.6) is 23.0 Å². The lowest BCUT2D eigenvalue weighted by molar-refractivity contribution is -0.149. The van der Waals surface area contributed by atoms with Crippen molar-refractivity contribution >= 4 is 35.4 Å². The molecule has 15 nitrogen and oxygen atoms in total. The summed E-state index contributed by atoms with van der Waals surface area (Å²) >= 11 is 0. The first-order valence-electron chi connectivity index (χ1n) is 18.8. The van der Waals surface area contributed by atoms with Crippen LogP contribution in [0.1, 0.15) is 43.0 Å². The molecule has 6 bridgehead atoms. The Kier molecular flexibility index (Phi) is 13.1. The molecule has 1 fully saturated rings. The standard InChI is InChI=1S/C42H52N6O9/c1-23-18-29-21-33-38(50)43-24(2)37(49)44-25(3)40(52)46(5)32(19-27-10-14-30(55-8)15-11-27)39(51)45-26(4)41(53)48(7)34(42(54)47(33)6)20-28-12-16-31(17-13-28)57-35(22-29)36(23)56-9/h10-18,22,24-26,32-34H,19-21H2,1-9H3,(H,43,50)(H,44,49)(H,45,51). The predicted octanol–water partition coefficient (Wildman–Crippen LogP) is 2.15. The maximum Gasteiger partial charge on any atom is 0.246 e. The van der Waals surface area contributed by atoms with Crippen molar-refractivity contribution in [2.75, 3.05) is 35.4 Å². The fraction of sp³-hybridized carbons (Fsp3) is 0.429. The number of methoxy groups -OCH3 is 2. The number of carbonyl (C=O) groups is 6. The lowest BCUT2D eigenvalue weighted by atomic mass is 9.98. The third kappa shape index (κ3) is 9.47. The molecule has 6 atom stereocenters. The molecule has 3 aromatic rings. The second-order valence-corrected chi connectivity index (χ2v) is 14.7. The van der Waals surface area contributed by atoms with E-state index in [9.17, 15) is 28.8 Å². The van der Waals surface area contributed by atoms with Gasteiger partial charge in [-0.2, -0.15) is 0 Å². The molecule has 6 unspecified atom stereocenters. The van der Waals surface area contributed by atoms with Gasteiger partial charge in [-0.1, -0.05) is 30.3 Å². The van der Waals surface area contributed by atoms with Crippen LogP contribution in [-0.2, 0) is 48.0 Å². The first-order chi connectivity index (χ1) is 27.0. The molecule has 0 spiro atoms. The second kappa shape index (κ2) is 17.8. The van der Waals surface area contributed by atoms with Crippen LogP contribution in [0.25, 0.3) is 0 Å². The molecular weight excluding hydrogens is 732 g/mol. The molecule has 304 valence electrons. The Morgan fingerprint density at radius 1 is 0.632 bits per heavy atom. The maximum absolute atomic E-state index is 14.7. The molecule has 0 aromatic heterocycles. The van der Waals surface area contributed by atoms with Gasteiger partial charge in [0.15, 0.2) is 11.5 Å². The lowest BCUT2D eigenvalue weighted by Crippen LogP contribution is -2.61. The van der Waals surface area contributed by atoms with E-state index in [2.05, 4.69) is 16.0 Å². The molecule has 3 aromatic carbocycles. The van der Waals surface area contributed by atoms with Gasteiger partial charge in [0.25, 0.3) is 0 Å². The molecule has 6 amide bonds. The van der Waals surface area contributed by atoms with E-state index in [0.717, 1.165) is 5.56 Å². The van der Waals surface area contributed by atoms with Crippen molar-refractivity contribution in [1.82, 2.24) is 30.7 Å². The SMILES string of the molecule is COc1ccc(CC2C(=O)NC(C)C(=O)N(C)C3Cc4ccc(cc4)Oc4cc(cc(C)c4OC)CC(C(=O)NC(C)C(=O)NC(C)C(=O)N2C)N(C)C3=O)cc1. The minimum atomic E-state index is -1.16. The lowest BCUT2D eigenvalue weighted by Gasteiger charge is -2.37. The van der Waals surface area contributed by atoms with E-state index in [1.165, 1.54) is 70.8 Å². The summed E-state index contributed by atoms with van der Waals surface area (Å²) in [5.74, 6) is -1.56. The van der Waals surface area contributed by atoms with Gasteiger partial charge in [-0.05, 0) is 80.3 Å². The number of hydrogen-bond acceptors (Lipinski definition) is 9. The molecule has 1 saturated heterocycles. The Labute approximate surface area is 333 Å². The van der Waals surface area contributed by atoms with E-state index in [-0.39, 0.29) is 19.3 Å². The number of rotatable bonds is 4. The zero-order valence-electron chi connectivity index (χ0n) is 33.9. The Morgan fingerprint density at radius 2 is 1.19 bits per heavy atom. The summed E-state index contributed by atoms with van der Waals surface area (Å²) in [5, 5.41) is 8.17. The number of amides is 6. The summed E-state index contributed by atoms with van der Waals surface area (Å²) in [6, 6.07) is 10.9. The van der Waals surface area contributed by atoms with Crippen LogP contribution in [-0.4, -0.2) is 122 Å². The largest absolute Gasteiger partial charge is 0.497 e. The Balaban J connectivity index is 1.59. The summed E-state index contributed by atoms with van der Waals surface area (Å²) in [7, 11) is 7.48. The van der Waals surface area contributed by atoms with E-state index in [4.69, 9.17) is 14.2 Å². The van der Waals surface area contributed by atoms with Crippen LogP contribution in [0.4, 0.5) is 0 Å². The smallest absolute Gasteiger partial charge is 0.246 e. The highest BCUT2D eigenvalue weighted by atomic mass is 16.5. The molecular formula is C42H52N6O9. The summed E-state index contributed by atoms with van der Waals surface area (Å²) in [5.41, 5.74) is 2.77. The van der Waals surface area contributed by atoms with Crippen LogP contribution in [0.3, 0.4) is 0 Å². The van der Waals surface area contributed by atoms with E-state index in [0.29, 0.717) is 39.7 Å². The Morgan fingerprint density at radius 3 is 1.81 bits per heavy atom. The zero-order valence-corrected chi connectivity index (χ0v) is 33.9. The Bertz CT molecular complexity index is 2000. The molecule has 6 rings (SSSR count). The molecule has 0 aliphatic carbocycles. The molecule has 0 radical (unpaired) electrons. The van der Waals surface area contributed by atoms with Crippen molar-refractivity contribution in [3.63, 3.8) is 0 Å². The van der Waals surface area contributed by atoms with Gasteiger partial charge in [-0.3, -0.25) is 28.8 Å². The van der Waals surface area contributed by atoms with Crippen molar-refractivity contribution < 1.29 is 43.0 Å². The van der Waals surface area contributed by atoms with Crippen molar-refractivity contribution in [3.8, 4) is 23.0 Å². The number of carbonyl (C=O) groups excluding carboxylic acids is 6. The first kappa shape index (κ1) is 42.0. The van der Waals surface area contributed by atoms with E-state index in [1.807, 2.05) is 13.0 Å². The van der Waals surface area contributed by atoms with Gasteiger partial charge < -0.3 is 44.9 Å². The van der Waals surface area contributed by atoms with Crippen LogP contribution in [0.2, 0.25) is 0 Å². The first-order valence-corrected chi connectivity index (χ1v) is 18.8. The fourth-order valence-corrected chi connectivity index (χ4v) is 7.17. The molecule has 3 aliphatic rings. The topological polar surface area (TPSA) is 176 Å². The van der Waals surface area contributed by atoms with Gasteiger partial charge in [0.1, 0.15) is 47.8 Å². The normalized spacial score (nSPS) is 24.1. The predicted molar refractivity (Wildman–Crippen MR) is 211 cm³/mol. The summed E-state index contributed by atoms with van der Waals surface area (Å²) in [6.07, 6.45) is 0.139. The van der Waals surface area contributed by atoms with Crippen molar-refractivity contribution in [3.05, 3.63) is 82.9 Å². The minimum absolute atomic E-state index is 0.00724. The van der Waals surface area contributed by atoms with Crippen molar-refractivity contribution in [2.24, 2.45) is 0 Å². The molecule has 15 heteroatoms. The van der Waals surface area contributed by atoms with E-state index >= 15 is 0 Å². The monoisotopic (exact) mass is 784 g/mol. The number of benzene rings is 3. The highest BCUT2D eigenvalue weighted by Gasteiger charge is 2.39. The van der Waals surface area contributed by atoms with Crippen LogP contribution < -0.4 is 30.2 Å². The second-order valence-electron chi connectivity index (χ2n) is 14.7. The third-order valence-corrected chi connectivity index (χ3v) is 10.6. The van der Waals surface area contributed by atoms with Crippen molar-refractivity contribution in [2.45, 2.75) is 83.2 Å². The van der Waals surface area contributed by atoms with Crippen LogP contribution in [0, 0.1) is 6.92 Å². The average Bonchev–Trinajstić information content (AvgIpc) is 3.19. The molecule has 3 heterocycles. The number of likely N-dealkylation sites (N-methyl/N-ethyl adjacent to an activating group) is 3. The van der Waals surface area contributed by atoms with Gasteiger partial charge in [-0.15, -0.1) is 0 Å². The van der Waals surface area contributed by atoms with E-state index < -0.39 is 71.7 Å². The van der Waals surface area contributed by atoms with E-state index in [1.54, 1.807) is 54.6 Å². The van der Waals surface area contributed by atoms with Crippen LogP contribution in [0.15, 0.2) is 60.7 Å². The number of aryl methyl sites for hydroxylation is 1. The molecule has 57 heavy (non-hydrogen) atoms. The third-order valence-electron chi connectivity index (χ3n) is 10.6. The summed E-state index contributed by atoms with van der Waals surface area (Å²) in [4.78, 5) is 88.5. The summed E-state index contributed by atoms with van der Waals surface area (Å²) in [6.45, 7) is 6.30. The molecule has 3 aliphatic heterocycles. The van der Waals surface area contributed by atoms with Gasteiger partial charge >= 0.3 is 0 Å². The fourth-order valence-electron chi connectivity index (χ4n) is 7.17. The highest BCUT2D eigenvalue weighted by molar-refractivity contribution is 5.98. The van der Waals surface area contributed by atoms with Gasteiger partial charge in [-0.25, -0.2) is 0 Å². The zero-order chi connectivity index (χ0) is 41.7. The van der Waals surface area contributed by atoms with Gasteiger partial charge in [0.05, 0.1) is 14.2 Å². The quantitative estimate of drug-likeness (QED) is 0.358. The number of fused-ring (bicyclic) bond motifs is 2. The molecule has 0 saturated carbocycles. The highest BCUT2D eigenvalue weighted by Crippen LogP contribution is 2.37.